The highest BCUT2D eigenvalue weighted by atomic mass is 79.9. The van der Waals surface area contributed by atoms with Crippen molar-refractivity contribution in [3.63, 3.8) is 0 Å². The van der Waals surface area contributed by atoms with Crippen LogP contribution < -0.4 is 4.74 Å². The summed E-state index contributed by atoms with van der Waals surface area (Å²) in [4.78, 5) is 46.5. The maximum Gasteiger partial charge on any atom is 0.343 e. The molecule has 0 aliphatic heterocycles. The highest BCUT2D eigenvalue weighted by Gasteiger charge is 2.15. The molecule has 0 radical (unpaired) electrons. The molecule has 0 amide bonds. The molecule has 3 rings (SSSR count). The zero-order valence-corrected chi connectivity index (χ0v) is 17.4. The molecule has 3 aromatic rings. The van der Waals surface area contributed by atoms with E-state index in [2.05, 4.69) is 15.9 Å². The van der Waals surface area contributed by atoms with Crippen LogP contribution in [0.3, 0.4) is 0 Å². The predicted octanol–water partition coefficient (Wildman–Crippen LogP) is 4.62. The Hall–Kier alpha value is -3.85. The minimum atomic E-state index is -0.850. The second-order valence-corrected chi connectivity index (χ2v) is 7.14. The molecule has 0 spiro atoms. The average Bonchev–Trinajstić information content (AvgIpc) is 2.78. The van der Waals surface area contributed by atoms with E-state index in [4.69, 9.17) is 9.47 Å². The topological polar surface area (TPSA) is 113 Å². The van der Waals surface area contributed by atoms with Gasteiger partial charge in [-0.1, -0.05) is 22.0 Å². The lowest BCUT2D eigenvalue weighted by molar-refractivity contribution is -0.384. The fourth-order valence-corrected chi connectivity index (χ4v) is 2.77. The van der Waals surface area contributed by atoms with E-state index >= 15 is 0 Å². The lowest BCUT2D eigenvalue weighted by atomic mass is 10.1. The zero-order chi connectivity index (χ0) is 22.4. The van der Waals surface area contributed by atoms with E-state index in [0.717, 1.165) is 10.5 Å². The quantitative estimate of drug-likeness (QED) is 0.158. The van der Waals surface area contributed by atoms with Gasteiger partial charge in [0.25, 0.3) is 5.69 Å². The summed E-state index contributed by atoms with van der Waals surface area (Å²) in [5, 5.41) is 10.8. The van der Waals surface area contributed by atoms with E-state index in [9.17, 15) is 24.5 Å². The van der Waals surface area contributed by atoms with Crippen LogP contribution in [0.25, 0.3) is 0 Å². The van der Waals surface area contributed by atoms with Crippen LogP contribution in [0.15, 0.2) is 77.3 Å². The second-order valence-electron chi connectivity index (χ2n) is 6.23. The van der Waals surface area contributed by atoms with Crippen molar-refractivity contribution >= 4 is 39.3 Å². The summed E-state index contributed by atoms with van der Waals surface area (Å²) in [5.74, 6) is -1.63. The molecule has 0 fully saturated rings. The summed E-state index contributed by atoms with van der Waals surface area (Å²) >= 11 is 3.28. The molecule has 0 aliphatic rings. The second kappa shape index (κ2) is 9.77. The molecule has 0 bridgehead atoms. The minimum Gasteiger partial charge on any atom is -0.454 e. The van der Waals surface area contributed by atoms with Crippen LogP contribution in [-0.4, -0.2) is 29.3 Å². The molecule has 9 heteroatoms. The number of ketones is 1. The predicted molar refractivity (Wildman–Crippen MR) is 113 cm³/mol. The van der Waals surface area contributed by atoms with Gasteiger partial charge >= 0.3 is 11.9 Å². The third-order valence-electron chi connectivity index (χ3n) is 4.09. The smallest absolute Gasteiger partial charge is 0.343 e. The van der Waals surface area contributed by atoms with Crippen molar-refractivity contribution < 1.29 is 28.8 Å². The van der Waals surface area contributed by atoms with Gasteiger partial charge in [-0.05, 0) is 54.6 Å². The number of hydrogen-bond acceptors (Lipinski definition) is 7. The van der Waals surface area contributed by atoms with E-state index in [1.807, 2.05) is 0 Å². The number of ether oxygens (including phenoxy) is 2. The zero-order valence-electron chi connectivity index (χ0n) is 15.8. The summed E-state index contributed by atoms with van der Waals surface area (Å²) in [6, 6.07) is 17.5. The van der Waals surface area contributed by atoms with Gasteiger partial charge in [0, 0.05) is 22.2 Å². The number of nitrogens with zero attached hydrogens (tertiary/aromatic N) is 1. The van der Waals surface area contributed by atoms with Gasteiger partial charge in [0.2, 0.25) is 0 Å². The molecule has 0 heterocycles. The third kappa shape index (κ3) is 5.83. The lowest BCUT2D eigenvalue weighted by Gasteiger charge is -2.07. The van der Waals surface area contributed by atoms with Gasteiger partial charge < -0.3 is 9.47 Å². The van der Waals surface area contributed by atoms with Crippen molar-refractivity contribution in [1.29, 1.82) is 0 Å². The molecular weight excluding hydrogens is 470 g/mol. The molecule has 0 saturated carbocycles. The molecule has 0 atom stereocenters. The van der Waals surface area contributed by atoms with E-state index in [-0.39, 0.29) is 22.6 Å². The standard InChI is InChI=1S/C22H14BrNO7/c23-17-8-4-15(5-9-17)22(27)31-19-10-6-14(7-11-19)20(25)13-30-21(26)16-2-1-3-18(12-16)24(28)29/h1-12H,13H2. The van der Waals surface area contributed by atoms with Gasteiger partial charge in [0.1, 0.15) is 5.75 Å². The van der Waals surface area contributed by atoms with Crippen molar-refractivity contribution in [3.8, 4) is 5.75 Å². The Labute approximate surface area is 184 Å². The Bertz CT molecular complexity index is 1140. The first kappa shape index (κ1) is 21.8. The van der Waals surface area contributed by atoms with Gasteiger partial charge in [0.15, 0.2) is 12.4 Å². The monoisotopic (exact) mass is 483 g/mol. The molecule has 0 unspecified atom stereocenters. The maximum absolute atomic E-state index is 12.2. The number of halogens is 1. The Morgan fingerprint density at radius 3 is 2.13 bits per heavy atom. The number of hydrogen-bond donors (Lipinski definition) is 0. The van der Waals surface area contributed by atoms with E-state index in [1.54, 1.807) is 24.3 Å². The number of nitro groups is 1. The normalized spacial score (nSPS) is 10.2. The van der Waals surface area contributed by atoms with Crippen LogP contribution in [-0.2, 0) is 4.74 Å². The Kier molecular flexibility index (Phi) is 6.88. The summed E-state index contributed by atoms with van der Waals surface area (Å²) in [6.45, 7) is -0.542. The summed E-state index contributed by atoms with van der Waals surface area (Å²) in [7, 11) is 0. The van der Waals surface area contributed by atoms with Crippen molar-refractivity contribution in [3.05, 3.63) is 104 Å². The Morgan fingerprint density at radius 2 is 1.48 bits per heavy atom. The molecule has 8 nitrogen and oxygen atoms in total. The fraction of sp³-hybridized carbons (Fsp3) is 0.0455. The van der Waals surface area contributed by atoms with Gasteiger partial charge in [-0.15, -0.1) is 0 Å². The summed E-state index contributed by atoms with van der Waals surface area (Å²) in [6.07, 6.45) is 0. The molecule has 0 aliphatic carbocycles. The molecule has 0 N–H and O–H groups in total. The van der Waals surface area contributed by atoms with Crippen LogP contribution >= 0.6 is 15.9 Å². The first-order valence-electron chi connectivity index (χ1n) is 8.86. The van der Waals surface area contributed by atoms with Crippen LogP contribution in [0, 0.1) is 10.1 Å². The minimum absolute atomic E-state index is 0.0304. The van der Waals surface area contributed by atoms with E-state index in [0.29, 0.717) is 5.56 Å². The molecular formula is C22H14BrNO7. The highest BCUT2D eigenvalue weighted by molar-refractivity contribution is 9.10. The SMILES string of the molecule is O=C(COC(=O)c1cccc([N+](=O)[O-])c1)c1ccc(OC(=O)c2ccc(Br)cc2)cc1. The first-order chi connectivity index (χ1) is 14.8. The third-order valence-corrected chi connectivity index (χ3v) is 4.62. The van der Waals surface area contributed by atoms with Crippen molar-refractivity contribution in [2.45, 2.75) is 0 Å². The number of esters is 2. The van der Waals surface area contributed by atoms with Crippen molar-refractivity contribution in [1.82, 2.24) is 0 Å². The van der Waals surface area contributed by atoms with Gasteiger partial charge in [0.05, 0.1) is 16.1 Å². The van der Waals surface area contributed by atoms with Crippen LogP contribution in [0.1, 0.15) is 31.1 Å². The lowest BCUT2D eigenvalue weighted by Crippen LogP contribution is -2.14. The van der Waals surface area contributed by atoms with Crippen molar-refractivity contribution in [2.75, 3.05) is 6.61 Å². The Balaban J connectivity index is 1.57. The van der Waals surface area contributed by atoms with Crippen LogP contribution in [0.4, 0.5) is 5.69 Å². The first-order valence-corrected chi connectivity index (χ1v) is 9.65. The number of non-ortho nitro benzene ring substituents is 1. The van der Waals surface area contributed by atoms with E-state index < -0.39 is 29.3 Å². The molecule has 156 valence electrons. The fourth-order valence-electron chi connectivity index (χ4n) is 2.51. The van der Waals surface area contributed by atoms with Gasteiger partial charge in [-0.3, -0.25) is 14.9 Å². The number of carbonyl (C=O) groups is 3. The van der Waals surface area contributed by atoms with Crippen LogP contribution in [0.5, 0.6) is 5.75 Å². The summed E-state index contributed by atoms with van der Waals surface area (Å²) < 4.78 is 11.0. The van der Waals surface area contributed by atoms with Crippen LogP contribution in [0.2, 0.25) is 0 Å². The number of Topliss-reactive ketones (excluding diaryl/α,β-unsaturated/α-hetero) is 1. The summed E-state index contributed by atoms with van der Waals surface area (Å²) in [5.41, 5.74) is 0.331. The highest BCUT2D eigenvalue weighted by Crippen LogP contribution is 2.17. The number of rotatable bonds is 7. The molecule has 0 saturated heterocycles. The van der Waals surface area contributed by atoms with Gasteiger partial charge in [-0.25, -0.2) is 9.59 Å². The molecule has 3 aromatic carbocycles. The number of carbonyl (C=O) groups excluding carboxylic acids is 3. The molecule has 31 heavy (non-hydrogen) atoms. The average molecular weight is 484 g/mol. The Morgan fingerprint density at radius 1 is 0.839 bits per heavy atom. The van der Waals surface area contributed by atoms with Crippen molar-refractivity contribution in [2.24, 2.45) is 0 Å². The maximum atomic E-state index is 12.2. The largest absolute Gasteiger partial charge is 0.454 e. The number of nitro benzene ring substituents is 1. The van der Waals surface area contributed by atoms with E-state index in [1.165, 1.54) is 42.5 Å². The van der Waals surface area contributed by atoms with Gasteiger partial charge in [-0.2, -0.15) is 0 Å². The number of benzene rings is 3. The molecule has 0 aromatic heterocycles.